The first-order valence-corrected chi connectivity index (χ1v) is 9.07. The molecule has 6 heteroatoms. The van der Waals surface area contributed by atoms with Gasteiger partial charge in [0.15, 0.2) is 0 Å². The lowest BCUT2D eigenvalue weighted by molar-refractivity contribution is 0.501. The van der Waals surface area contributed by atoms with Gasteiger partial charge in [0.2, 0.25) is 0 Å². The standard InChI is InChI=1S/C14H22BrN3OS/c1-10(2)18-13(19)12(15)11(8-17-18)16-9-14(20-3)6-4-5-7-14/h8,10,16H,4-7,9H2,1-3H3. The van der Waals surface area contributed by atoms with E-state index in [1.54, 1.807) is 6.20 Å². The van der Waals surface area contributed by atoms with Gasteiger partial charge in [0, 0.05) is 11.3 Å². The van der Waals surface area contributed by atoms with Crippen LogP contribution in [0.5, 0.6) is 0 Å². The highest BCUT2D eigenvalue weighted by molar-refractivity contribution is 9.10. The van der Waals surface area contributed by atoms with E-state index in [9.17, 15) is 4.79 Å². The number of nitrogens with zero attached hydrogens (tertiary/aromatic N) is 2. The molecule has 1 saturated carbocycles. The summed E-state index contributed by atoms with van der Waals surface area (Å²) in [5, 5.41) is 7.65. The lowest BCUT2D eigenvalue weighted by Gasteiger charge is -2.27. The molecule has 112 valence electrons. The SMILES string of the molecule is CSC1(CNc2cnn(C(C)C)c(=O)c2Br)CCCC1. The highest BCUT2D eigenvalue weighted by Gasteiger charge is 2.32. The van der Waals surface area contributed by atoms with Gasteiger partial charge in [-0.3, -0.25) is 4.79 Å². The van der Waals surface area contributed by atoms with Crippen molar-refractivity contribution in [3.63, 3.8) is 0 Å². The Morgan fingerprint density at radius 2 is 2.15 bits per heavy atom. The monoisotopic (exact) mass is 359 g/mol. The Bertz CT molecular complexity index is 524. The molecule has 0 aliphatic heterocycles. The Morgan fingerprint density at radius 3 is 2.70 bits per heavy atom. The molecule has 1 aromatic rings. The van der Waals surface area contributed by atoms with Crippen LogP contribution in [-0.2, 0) is 0 Å². The first-order chi connectivity index (χ1) is 9.49. The van der Waals surface area contributed by atoms with Crippen molar-refractivity contribution in [2.24, 2.45) is 0 Å². The molecule has 1 N–H and O–H groups in total. The molecule has 0 amide bonds. The summed E-state index contributed by atoms with van der Waals surface area (Å²) >= 11 is 5.34. The second kappa shape index (κ2) is 6.52. The summed E-state index contributed by atoms with van der Waals surface area (Å²) in [6.45, 7) is 4.80. The molecule has 1 aromatic heterocycles. The lowest BCUT2D eigenvalue weighted by Crippen LogP contribution is -2.32. The van der Waals surface area contributed by atoms with E-state index >= 15 is 0 Å². The van der Waals surface area contributed by atoms with Gasteiger partial charge in [0.05, 0.1) is 17.9 Å². The van der Waals surface area contributed by atoms with Gasteiger partial charge in [-0.15, -0.1) is 0 Å². The first-order valence-electron chi connectivity index (χ1n) is 7.05. The van der Waals surface area contributed by atoms with Crippen molar-refractivity contribution in [2.75, 3.05) is 18.1 Å². The van der Waals surface area contributed by atoms with E-state index in [2.05, 4.69) is 32.6 Å². The molecular formula is C14H22BrN3OS. The number of hydrogen-bond donors (Lipinski definition) is 1. The summed E-state index contributed by atoms with van der Waals surface area (Å²) < 4.78 is 2.39. The maximum atomic E-state index is 12.2. The van der Waals surface area contributed by atoms with Crippen molar-refractivity contribution < 1.29 is 0 Å². The molecule has 0 radical (unpaired) electrons. The van der Waals surface area contributed by atoms with Crippen LogP contribution in [0.25, 0.3) is 0 Å². The molecule has 1 fully saturated rings. The molecular weight excluding hydrogens is 338 g/mol. The van der Waals surface area contributed by atoms with Gasteiger partial charge >= 0.3 is 0 Å². The van der Waals surface area contributed by atoms with Gasteiger partial charge in [0.25, 0.3) is 5.56 Å². The van der Waals surface area contributed by atoms with Crippen molar-refractivity contribution in [1.29, 1.82) is 0 Å². The number of thioether (sulfide) groups is 1. The molecule has 0 unspecified atom stereocenters. The fourth-order valence-corrected chi connectivity index (χ4v) is 4.00. The Kier molecular flexibility index (Phi) is 5.18. The van der Waals surface area contributed by atoms with Gasteiger partial charge < -0.3 is 5.32 Å². The summed E-state index contributed by atoms with van der Waals surface area (Å²) in [5.41, 5.74) is 0.724. The molecule has 0 atom stereocenters. The molecule has 0 saturated heterocycles. The van der Waals surface area contributed by atoms with Gasteiger partial charge in [-0.05, 0) is 48.9 Å². The number of rotatable bonds is 5. The van der Waals surface area contributed by atoms with Crippen molar-refractivity contribution in [1.82, 2.24) is 9.78 Å². The first kappa shape index (κ1) is 15.9. The predicted molar refractivity (Wildman–Crippen MR) is 89.8 cm³/mol. The van der Waals surface area contributed by atoms with Crippen LogP contribution in [0, 0.1) is 0 Å². The molecule has 4 nitrogen and oxygen atoms in total. The van der Waals surface area contributed by atoms with Crippen LogP contribution in [0.15, 0.2) is 15.5 Å². The van der Waals surface area contributed by atoms with Gasteiger partial charge in [0.1, 0.15) is 4.47 Å². The Morgan fingerprint density at radius 1 is 1.50 bits per heavy atom. The average molecular weight is 360 g/mol. The number of hydrogen-bond acceptors (Lipinski definition) is 4. The van der Waals surface area contributed by atoms with Gasteiger partial charge in [-0.1, -0.05) is 12.8 Å². The molecule has 1 heterocycles. The second-order valence-corrected chi connectivity index (χ2v) is 7.73. The zero-order valence-corrected chi connectivity index (χ0v) is 14.7. The van der Waals surface area contributed by atoms with Crippen molar-refractivity contribution in [3.8, 4) is 0 Å². The fourth-order valence-electron chi connectivity index (χ4n) is 2.66. The van der Waals surface area contributed by atoms with E-state index in [-0.39, 0.29) is 11.6 Å². The number of aromatic nitrogens is 2. The third kappa shape index (κ3) is 3.22. The molecule has 0 spiro atoms. The van der Waals surface area contributed by atoms with Crippen molar-refractivity contribution in [2.45, 2.75) is 50.3 Å². The maximum absolute atomic E-state index is 12.2. The largest absolute Gasteiger partial charge is 0.381 e. The topological polar surface area (TPSA) is 46.9 Å². The van der Waals surface area contributed by atoms with E-state index in [4.69, 9.17) is 0 Å². The number of nitrogens with one attached hydrogen (secondary N) is 1. The maximum Gasteiger partial charge on any atom is 0.283 e. The van der Waals surface area contributed by atoms with Gasteiger partial charge in [-0.25, -0.2) is 4.68 Å². The Hall–Kier alpha value is -0.490. The van der Waals surface area contributed by atoms with Crippen LogP contribution >= 0.6 is 27.7 Å². The zero-order valence-electron chi connectivity index (χ0n) is 12.3. The van der Waals surface area contributed by atoms with E-state index in [0.29, 0.717) is 9.22 Å². The zero-order chi connectivity index (χ0) is 14.8. The van der Waals surface area contributed by atoms with E-state index in [1.165, 1.54) is 30.4 Å². The second-order valence-electron chi connectivity index (χ2n) is 5.66. The Balaban J connectivity index is 2.14. The van der Waals surface area contributed by atoms with Crippen LogP contribution < -0.4 is 10.9 Å². The molecule has 20 heavy (non-hydrogen) atoms. The third-order valence-electron chi connectivity index (χ3n) is 3.98. The minimum absolute atomic E-state index is 0.0696. The number of halogens is 1. The minimum Gasteiger partial charge on any atom is -0.381 e. The summed E-state index contributed by atoms with van der Waals surface area (Å²) in [6, 6.07) is 0.0696. The Labute approximate surface area is 132 Å². The lowest BCUT2D eigenvalue weighted by atomic mass is 10.1. The number of anilines is 1. The van der Waals surface area contributed by atoms with Crippen LogP contribution in [0.4, 0.5) is 5.69 Å². The summed E-state index contributed by atoms with van der Waals surface area (Å²) in [4.78, 5) is 12.2. The van der Waals surface area contributed by atoms with Crippen LogP contribution in [0.3, 0.4) is 0 Å². The summed E-state index contributed by atoms with van der Waals surface area (Å²) in [5.74, 6) is 0. The quantitative estimate of drug-likeness (QED) is 0.870. The smallest absolute Gasteiger partial charge is 0.283 e. The van der Waals surface area contributed by atoms with Crippen LogP contribution in [0.1, 0.15) is 45.6 Å². The van der Waals surface area contributed by atoms with E-state index < -0.39 is 0 Å². The van der Waals surface area contributed by atoms with Crippen LogP contribution in [-0.4, -0.2) is 27.3 Å². The highest BCUT2D eigenvalue weighted by Crippen LogP contribution is 2.40. The molecule has 2 rings (SSSR count). The third-order valence-corrected chi connectivity index (χ3v) is 6.17. The summed E-state index contributed by atoms with van der Waals surface area (Å²) in [6.07, 6.45) is 9.02. The highest BCUT2D eigenvalue weighted by atomic mass is 79.9. The molecule has 0 bridgehead atoms. The fraction of sp³-hybridized carbons (Fsp3) is 0.714. The normalized spacial score (nSPS) is 17.6. The summed E-state index contributed by atoms with van der Waals surface area (Å²) in [7, 11) is 0. The predicted octanol–water partition coefficient (Wildman–Crippen LogP) is 3.67. The minimum atomic E-state index is -0.0744. The van der Waals surface area contributed by atoms with Gasteiger partial charge in [-0.2, -0.15) is 16.9 Å². The van der Waals surface area contributed by atoms with E-state index in [0.717, 1.165) is 12.2 Å². The van der Waals surface area contributed by atoms with Crippen molar-refractivity contribution >= 4 is 33.4 Å². The van der Waals surface area contributed by atoms with Crippen LogP contribution in [0.2, 0.25) is 0 Å². The molecule has 0 aromatic carbocycles. The molecule has 1 aliphatic rings. The van der Waals surface area contributed by atoms with E-state index in [1.807, 2.05) is 25.6 Å². The van der Waals surface area contributed by atoms with Crippen molar-refractivity contribution in [3.05, 3.63) is 21.0 Å². The molecule has 1 aliphatic carbocycles. The average Bonchev–Trinajstić information content (AvgIpc) is 2.89.